The average Bonchev–Trinajstić information content (AvgIpc) is 2.94. The number of rotatable bonds is 20. The first-order valence-corrected chi connectivity index (χ1v) is 15.4. The minimum Gasteiger partial charge on any atom is -0.478 e. The fourth-order valence-electron chi connectivity index (χ4n) is 3.70. The summed E-state index contributed by atoms with van der Waals surface area (Å²) in [6.07, 6.45) is 32.8. The van der Waals surface area contributed by atoms with Crippen LogP contribution in [0.3, 0.4) is 0 Å². The standard InChI is InChI=1S/C36H51ClN2O3/c1-6-7-8-9-10-11-12-13-14-15-16-17-18-19-20-21-22-23-24-25-33(40)39-35(2,3)30-38-34(41)36(4,5)42-32-28-26-31(37)27-29-32/h7-8,10-11,13-14,16-17,19-20,22-23,26-29H,6,9,12,15,18,21,24-25,30H2,1-5H3,(H,38,41)(H,39,40). The van der Waals surface area contributed by atoms with E-state index in [0.717, 1.165) is 38.5 Å². The minimum absolute atomic E-state index is 0.0505. The zero-order valence-electron chi connectivity index (χ0n) is 26.2. The number of benzene rings is 1. The molecular weight excluding hydrogens is 544 g/mol. The third kappa shape index (κ3) is 18.9. The summed E-state index contributed by atoms with van der Waals surface area (Å²) in [5.41, 5.74) is -1.68. The van der Waals surface area contributed by atoms with E-state index in [1.165, 1.54) is 0 Å². The molecule has 0 spiro atoms. The van der Waals surface area contributed by atoms with Crippen molar-refractivity contribution in [3.8, 4) is 5.75 Å². The molecule has 0 aliphatic carbocycles. The van der Waals surface area contributed by atoms with Gasteiger partial charge in [-0.3, -0.25) is 9.59 Å². The van der Waals surface area contributed by atoms with E-state index in [1.807, 2.05) is 19.9 Å². The Morgan fingerprint density at radius 3 is 1.67 bits per heavy atom. The zero-order chi connectivity index (χ0) is 31.1. The molecule has 0 atom stereocenters. The van der Waals surface area contributed by atoms with Crippen molar-refractivity contribution in [3.63, 3.8) is 0 Å². The Bertz CT molecular complexity index is 1090. The lowest BCUT2D eigenvalue weighted by molar-refractivity contribution is -0.134. The van der Waals surface area contributed by atoms with E-state index < -0.39 is 11.1 Å². The molecule has 0 fully saturated rings. The number of carbonyl (C=O) groups is 2. The van der Waals surface area contributed by atoms with Gasteiger partial charge in [-0.05, 0) is 96.9 Å². The summed E-state index contributed by atoms with van der Waals surface area (Å²) in [4.78, 5) is 25.2. The van der Waals surface area contributed by atoms with Gasteiger partial charge in [0.2, 0.25) is 5.91 Å². The predicted octanol–water partition coefficient (Wildman–Crippen LogP) is 8.99. The second-order valence-electron chi connectivity index (χ2n) is 11.1. The van der Waals surface area contributed by atoms with Gasteiger partial charge in [-0.15, -0.1) is 0 Å². The van der Waals surface area contributed by atoms with Crippen LogP contribution in [0, 0.1) is 0 Å². The van der Waals surface area contributed by atoms with Crippen molar-refractivity contribution in [2.24, 2.45) is 0 Å². The second-order valence-corrected chi connectivity index (χ2v) is 11.6. The monoisotopic (exact) mass is 594 g/mol. The molecule has 0 saturated carbocycles. The van der Waals surface area contributed by atoms with E-state index in [9.17, 15) is 9.59 Å². The number of hydrogen-bond acceptors (Lipinski definition) is 3. The Kier molecular flexibility index (Phi) is 18.7. The van der Waals surface area contributed by atoms with Gasteiger partial charge in [0.1, 0.15) is 5.75 Å². The Morgan fingerprint density at radius 2 is 1.19 bits per heavy atom. The second kappa shape index (κ2) is 21.4. The van der Waals surface area contributed by atoms with Crippen molar-refractivity contribution in [1.82, 2.24) is 10.6 Å². The first-order chi connectivity index (χ1) is 20.1. The van der Waals surface area contributed by atoms with E-state index in [-0.39, 0.29) is 18.4 Å². The van der Waals surface area contributed by atoms with Crippen LogP contribution in [-0.4, -0.2) is 29.5 Å². The van der Waals surface area contributed by atoms with Gasteiger partial charge in [0.15, 0.2) is 5.60 Å². The molecule has 0 unspecified atom stereocenters. The van der Waals surface area contributed by atoms with Gasteiger partial charge in [-0.25, -0.2) is 0 Å². The molecule has 1 aromatic rings. The third-order valence-corrected chi connectivity index (χ3v) is 6.29. The average molecular weight is 595 g/mol. The van der Waals surface area contributed by atoms with Crippen LogP contribution in [0.5, 0.6) is 5.75 Å². The highest BCUT2D eigenvalue weighted by Gasteiger charge is 2.31. The maximum atomic E-state index is 12.7. The van der Waals surface area contributed by atoms with Gasteiger partial charge in [0, 0.05) is 18.0 Å². The minimum atomic E-state index is -1.08. The number of amides is 2. The zero-order valence-corrected chi connectivity index (χ0v) is 27.0. The highest BCUT2D eigenvalue weighted by molar-refractivity contribution is 6.30. The molecule has 230 valence electrons. The molecular formula is C36H51ClN2O3. The van der Waals surface area contributed by atoms with Crippen LogP contribution in [-0.2, 0) is 9.59 Å². The van der Waals surface area contributed by atoms with Crippen molar-refractivity contribution >= 4 is 23.4 Å². The maximum Gasteiger partial charge on any atom is 0.263 e. The maximum absolute atomic E-state index is 12.7. The molecule has 0 radical (unpaired) electrons. The molecule has 0 aliphatic heterocycles. The lowest BCUT2D eigenvalue weighted by Crippen LogP contribution is -2.55. The van der Waals surface area contributed by atoms with E-state index in [1.54, 1.807) is 38.1 Å². The molecule has 0 bridgehead atoms. The van der Waals surface area contributed by atoms with Gasteiger partial charge >= 0.3 is 0 Å². The van der Waals surface area contributed by atoms with E-state index >= 15 is 0 Å². The van der Waals surface area contributed by atoms with Crippen molar-refractivity contribution in [1.29, 1.82) is 0 Å². The van der Waals surface area contributed by atoms with E-state index in [4.69, 9.17) is 16.3 Å². The molecule has 1 aromatic carbocycles. The normalized spacial score (nSPS) is 13.0. The first-order valence-electron chi connectivity index (χ1n) is 15.0. The molecule has 1 rings (SSSR count). The van der Waals surface area contributed by atoms with Crippen LogP contribution in [0.15, 0.2) is 97.2 Å². The number of ether oxygens (including phenoxy) is 1. The molecule has 0 aromatic heterocycles. The topological polar surface area (TPSA) is 67.4 Å². The fraction of sp³-hybridized carbons (Fsp3) is 0.444. The van der Waals surface area contributed by atoms with E-state index in [0.29, 0.717) is 23.6 Å². The van der Waals surface area contributed by atoms with Crippen LogP contribution < -0.4 is 15.4 Å². The van der Waals surface area contributed by atoms with Crippen LogP contribution in [0.25, 0.3) is 0 Å². The van der Waals surface area contributed by atoms with Crippen molar-refractivity contribution in [2.45, 2.75) is 97.1 Å². The third-order valence-electron chi connectivity index (χ3n) is 6.04. The van der Waals surface area contributed by atoms with Crippen molar-refractivity contribution in [3.05, 3.63) is 102 Å². The van der Waals surface area contributed by atoms with Crippen LogP contribution in [0.4, 0.5) is 0 Å². The molecule has 2 amide bonds. The Balaban J connectivity index is 2.19. The summed E-state index contributed by atoms with van der Waals surface area (Å²) in [5, 5.41) is 6.49. The Hall–Kier alpha value is -3.31. The van der Waals surface area contributed by atoms with Gasteiger partial charge in [-0.2, -0.15) is 0 Å². The Labute approximate surface area is 259 Å². The van der Waals surface area contributed by atoms with Crippen LogP contribution >= 0.6 is 11.6 Å². The summed E-state index contributed by atoms with van der Waals surface area (Å²) in [7, 11) is 0. The molecule has 0 heterocycles. The molecule has 5 nitrogen and oxygen atoms in total. The van der Waals surface area contributed by atoms with E-state index in [2.05, 4.69) is 84.4 Å². The smallest absolute Gasteiger partial charge is 0.263 e. The summed E-state index contributed by atoms with van der Waals surface area (Å²) < 4.78 is 5.83. The number of nitrogens with one attached hydrogen (secondary N) is 2. The van der Waals surface area contributed by atoms with Crippen molar-refractivity contribution < 1.29 is 14.3 Å². The number of carbonyl (C=O) groups excluding carboxylic acids is 2. The van der Waals surface area contributed by atoms with Crippen LogP contribution in [0.1, 0.15) is 86.0 Å². The SMILES string of the molecule is CCC=CCC=CCC=CCC=CCC=CCC=CCCC(=O)NC(C)(C)CNC(=O)C(C)(C)Oc1ccc(Cl)cc1. The van der Waals surface area contributed by atoms with Crippen LogP contribution in [0.2, 0.25) is 5.02 Å². The molecule has 2 N–H and O–H groups in total. The summed E-state index contributed by atoms with van der Waals surface area (Å²) in [5.74, 6) is 0.240. The van der Waals surface area contributed by atoms with Gasteiger partial charge in [-0.1, -0.05) is 91.4 Å². The summed E-state index contributed by atoms with van der Waals surface area (Å²) in [6, 6.07) is 6.87. The number of allylic oxidation sites excluding steroid dienone is 12. The summed E-state index contributed by atoms with van der Waals surface area (Å²) in [6.45, 7) is 9.60. The first kappa shape index (κ1) is 36.7. The Morgan fingerprint density at radius 1 is 0.738 bits per heavy atom. The largest absolute Gasteiger partial charge is 0.478 e. The molecule has 0 aliphatic rings. The van der Waals surface area contributed by atoms with Gasteiger partial charge in [0.05, 0.1) is 5.54 Å². The fourth-order valence-corrected chi connectivity index (χ4v) is 3.82. The van der Waals surface area contributed by atoms with Gasteiger partial charge < -0.3 is 15.4 Å². The van der Waals surface area contributed by atoms with Crippen molar-refractivity contribution in [2.75, 3.05) is 6.54 Å². The molecule has 6 heteroatoms. The lowest BCUT2D eigenvalue weighted by Gasteiger charge is -2.30. The number of hydrogen-bond donors (Lipinski definition) is 2. The van der Waals surface area contributed by atoms with Gasteiger partial charge in [0.25, 0.3) is 5.91 Å². The summed E-state index contributed by atoms with van der Waals surface area (Å²) >= 11 is 5.91. The lowest BCUT2D eigenvalue weighted by atomic mass is 10.0. The quantitative estimate of drug-likeness (QED) is 0.148. The molecule has 42 heavy (non-hydrogen) atoms. The highest BCUT2D eigenvalue weighted by Crippen LogP contribution is 2.21. The molecule has 0 saturated heterocycles. The highest BCUT2D eigenvalue weighted by atomic mass is 35.5. The predicted molar refractivity (Wildman–Crippen MR) is 179 cm³/mol. The number of halogens is 1.